The van der Waals surface area contributed by atoms with E-state index in [4.69, 9.17) is 18.9 Å². The summed E-state index contributed by atoms with van der Waals surface area (Å²) < 4.78 is 21.4. The largest absolute Gasteiger partial charge is 0.504 e. The van der Waals surface area contributed by atoms with E-state index in [1.807, 2.05) is 0 Å². The number of benzene rings is 3. The normalized spacial score (nSPS) is 10.9. The van der Waals surface area contributed by atoms with Crippen LogP contribution in [0, 0.1) is 10.1 Å². The second-order valence-electron chi connectivity index (χ2n) is 7.51. The average Bonchev–Trinajstić information content (AvgIpc) is 2.91. The zero-order valence-corrected chi connectivity index (χ0v) is 20.7. The number of hydrogen-bond donors (Lipinski definition) is 2. The van der Waals surface area contributed by atoms with Gasteiger partial charge in [0.2, 0.25) is 11.7 Å². The van der Waals surface area contributed by atoms with Gasteiger partial charge in [0.15, 0.2) is 23.0 Å². The fraction of sp³-hybridized carbons (Fsp3) is 0.148. The summed E-state index contributed by atoms with van der Waals surface area (Å²) in [4.78, 5) is 23.4. The summed E-state index contributed by atoms with van der Waals surface area (Å²) in [6.07, 6.45) is 5.98. The van der Waals surface area contributed by atoms with E-state index in [1.54, 1.807) is 42.5 Å². The first-order valence-electron chi connectivity index (χ1n) is 10.9. The number of aromatic hydroxyl groups is 1. The van der Waals surface area contributed by atoms with Crippen molar-refractivity contribution in [3.05, 3.63) is 81.4 Å². The number of nitro benzene ring substituents is 1. The van der Waals surface area contributed by atoms with Gasteiger partial charge in [0.05, 0.1) is 44.6 Å². The smallest absolute Gasteiger partial charge is 0.276 e. The van der Waals surface area contributed by atoms with Gasteiger partial charge < -0.3 is 29.4 Å². The lowest BCUT2D eigenvalue weighted by Crippen LogP contribution is -2.10. The molecule has 0 aliphatic rings. The molecule has 0 unspecified atom stereocenters. The molecule has 0 aromatic heterocycles. The molecule has 10 heteroatoms. The minimum Gasteiger partial charge on any atom is -0.504 e. The number of anilines is 1. The number of carbonyl (C=O) groups excluding carboxylic acids is 1. The van der Waals surface area contributed by atoms with Crippen molar-refractivity contribution in [1.82, 2.24) is 0 Å². The Balaban J connectivity index is 1.95. The van der Waals surface area contributed by atoms with Gasteiger partial charge in [-0.25, -0.2) is 0 Å². The molecule has 0 heterocycles. The monoisotopic (exact) mass is 506 g/mol. The summed E-state index contributed by atoms with van der Waals surface area (Å²) in [5, 5.41) is 24.2. The zero-order valence-electron chi connectivity index (χ0n) is 20.7. The van der Waals surface area contributed by atoms with Crippen LogP contribution in [0.5, 0.6) is 28.7 Å². The van der Waals surface area contributed by atoms with Gasteiger partial charge >= 0.3 is 0 Å². The van der Waals surface area contributed by atoms with Crippen molar-refractivity contribution in [3.8, 4) is 28.7 Å². The van der Waals surface area contributed by atoms with Crippen LogP contribution in [-0.2, 0) is 4.79 Å². The number of rotatable bonds is 10. The molecule has 0 aliphatic carbocycles. The van der Waals surface area contributed by atoms with Gasteiger partial charge in [0.1, 0.15) is 0 Å². The third kappa shape index (κ3) is 6.17. The number of phenolic OH excluding ortho intramolecular Hbond substituents is 1. The van der Waals surface area contributed by atoms with Crippen molar-refractivity contribution in [2.24, 2.45) is 0 Å². The number of amides is 1. The predicted molar refractivity (Wildman–Crippen MR) is 140 cm³/mol. The second-order valence-corrected chi connectivity index (χ2v) is 7.51. The fourth-order valence-corrected chi connectivity index (χ4v) is 3.57. The van der Waals surface area contributed by atoms with Crippen LogP contribution < -0.4 is 24.3 Å². The second kappa shape index (κ2) is 12.1. The predicted octanol–water partition coefficient (Wildman–Crippen LogP) is 5.16. The Morgan fingerprint density at radius 1 is 0.865 bits per heavy atom. The molecular formula is C27H26N2O8. The number of hydrogen-bond acceptors (Lipinski definition) is 8. The Kier molecular flexibility index (Phi) is 8.71. The molecule has 3 aromatic carbocycles. The maximum Gasteiger partial charge on any atom is 0.276 e. The Morgan fingerprint density at radius 3 is 2.11 bits per heavy atom. The van der Waals surface area contributed by atoms with Crippen molar-refractivity contribution in [2.75, 3.05) is 33.8 Å². The highest BCUT2D eigenvalue weighted by atomic mass is 16.6. The minimum absolute atomic E-state index is 0.0551. The van der Waals surface area contributed by atoms with Gasteiger partial charge in [-0.3, -0.25) is 14.9 Å². The number of ether oxygens (including phenoxy) is 4. The van der Waals surface area contributed by atoms with Gasteiger partial charge in [0, 0.05) is 17.7 Å². The van der Waals surface area contributed by atoms with E-state index in [-0.39, 0.29) is 28.4 Å². The Bertz CT molecular complexity index is 1340. The summed E-state index contributed by atoms with van der Waals surface area (Å²) in [7, 11) is 5.90. The number of methoxy groups -OCH3 is 4. The first-order chi connectivity index (χ1) is 17.8. The van der Waals surface area contributed by atoms with Gasteiger partial charge in [-0.15, -0.1) is 0 Å². The molecule has 0 aliphatic heterocycles. The molecule has 0 saturated heterocycles. The SMILES string of the molecule is COc1cc(/C=C/c2ccc(O)c(OC)c2NC(=O)/C=C/c2ccccc2[N+](=O)[O-])cc(OC)c1OC. The van der Waals surface area contributed by atoms with Crippen molar-refractivity contribution >= 4 is 35.5 Å². The standard InChI is InChI=1S/C27H26N2O8/c1-34-22-15-17(16-23(35-2)27(22)37-4)9-10-19-11-13-21(30)26(36-3)25(19)28-24(31)14-12-18-7-5-6-8-20(18)29(32)33/h5-16,30H,1-4H3,(H,28,31)/b10-9+,14-12+. The minimum atomic E-state index is -0.579. The number of nitrogens with zero attached hydrogens (tertiary/aromatic N) is 1. The summed E-state index contributed by atoms with van der Waals surface area (Å²) in [6, 6.07) is 12.6. The summed E-state index contributed by atoms with van der Waals surface area (Å²) >= 11 is 0. The van der Waals surface area contributed by atoms with Crippen LogP contribution in [0.3, 0.4) is 0 Å². The first-order valence-corrected chi connectivity index (χ1v) is 10.9. The summed E-state index contributed by atoms with van der Waals surface area (Å²) in [6.45, 7) is 0. The molecule has 0 bridgehead atoms. The lowest BCUT2D eigenvalue weighted by molar-refractivity contribution is -0.385. The fourth-order valence-electron chi connectivity index (χ4n) is 3.57. The molecule has 3 rings (SSSR count). The molecule has 10 nitrogen and oxygen atoms in total. The molecule has 2 N–H and O–H groups in total. The first kappa shape index (κ1) is 26.6. The molecule has 0 atom stereocenters. The van der Waals surface area contributed by atoms with E-state index >= 15 is 0 Å². The maximum atomic E-state index is 12.7. The third-order valence-electron chi connectivity index (χ3n) is 5.31. The van der Waals surface area contributed by atoms with Gasteiger partial charge in [-0.05, 0) is 42.0 Å². The molecule has 0 fully saturated rings. The number of nitrogens with one attached hydrogen (secondary N) is 1. The maximum absolute atomic E-state index is 12.7. The number of para-hydroxylation sites is 1. The van der Waals surface area contributed by atoms with Crippen LogP contribution in [0.4, 0.5) is 11.4 Å². The summed E-state index contributed by atoms with van der Waals surface area (Å²) in [5.41, 5.74) is 1.60. The van der Waals surface area contributed by atoms with E-state index in [0.717, 1.165) is 5.56 Å². The highest BCUT2D eigenvalue weighted by molar-refractivity contribution is 6.05. The van der Waals surface area contributed by atoms with Crippen molar-refractivity contribution in [2.45, 2.75) is 0 Å². The quantitative estimate of drug-likeness (QED) is 0.167. The number of phenols is 1. The molecule has 0 saturated carbocycles. The third-order valence-corrected chi connectivity index (χ3v) is 5.31. The highest BCUT2D eigenvalue weighted by Crippen LogP contribution is 2.40. The topological polar surface area (TPSA) is 129 Å². The van der Waals surface area contributed by atoms with Gasteiger partial charge in [-0.2, -0.15) is 0 Å². The Hall–Kier alpha value is -4.99. The van der Waals surface area contributed by atoms with E-state index in [0.29, 0.717) is 22.8 Å². The van der Waals surface area contributed by atoms with E-state index in [2.05, 4.69) is 5.32 Å². The molecule has 37 heavy (non-hydrogen) atoms. The molecule has 3 aromatic rings. The van der Waals surface area contributed by atoms with Crippen LogP contribution in [0.25, 0.3) is 18.2 Å². The lowest BCUT2D eigenvalue weighted by Gasteiger charge is -2.14. The molecule has 0 spiro atoms. The van der Waals surface area contributed by atoms with Gasteiger partial charge in [-0.1, -0.05) is 24.3 Å². The van der Waals surface area contributed by atoms with E-state index < -0.39 is 10.8 Å². The zero-order chi connectivity index (χ0) is 26.9. The van der Waals surface area contributed by atoms with E-state index in [1.165, 1.54) is 58.8 Å². The molecule has 0 radical (unpaired) electrons. The van der Waals surface area contributed by atoms with Crippen LogP contribution in [-0.4, -0.2) is 44.4 Å². The number of nitro groups is 1. The number of carbonyl (C=O) groups is 1. The van der Waals surface area contributed by atoms with Crippen LogP contribution in [0.15, 0.2) is 54.6 Å². The molecular weight excluding hydrogens is 480 g/mol. The summed E-state index contributed by atoms with van der Waals surface area (Å²) in [5.74, 6) is 0.693. The van der Waals surface area contributed by atoms with Crippen molar-refractivity contribution in [1.29, 1.82) is 0 Å². The molecule has 192 valence electrons. The van der Waals surface area contributed by atoms with Crippen LogP contribution in [0.2, 0.25) is 0 Å². The Morgan fingerprint density at radius 2 is 1.51 bits per heavy atom. The van der Waals surface area contributed by atoms with Crippen LogP contribution >= 0.6 is 0 Å². The lowest BCUT2D eigenvalue weighted by atomic mass is 10.1. The average molecular weight is 507 g/mol. The van der Waals surface area contributed by atoms with E-state index in [9.17, 15) is 20.0 Å². The van der Waals surface area contributed by atoms with Crippen molar-refractivity contribution in [3.63, 3.8) is 0 Å². The van der Waals surface area contributed by atoms with Crippen molar-refractivity contribution < 1.29 is 33.8 Å². The van der Waals surface area contributed by atoms with Gasteiger partial charge in [0.25, 0.3) is 5.69 Å². The Labute approximate surface area is 213 Å². The van der Waals surface area contributed by atoms with Crippen LogP contribution in [0.1, 0.15) is 16.7 Å². The molecule has 1 amide bonds. The highest BCUT2D eigenvalue weighted by Gasteiger charge is 2.16.